The third-order valence-corrected chi connectivity index (χ3v) is 9.55. The maximum atomic E-state index is 6.37. The summed E-state index contributed by atoms with van der Waals surface area (Å²) in [5.74, 6) is 6.91. The maximum Gasteiger partial charge on any atom is 0.205 e. The molecule has 21 heavy (non-hydrogen) atoms. The van der Waals surface area contributed by atoms with Crippen LogP contribution in [0.4, 0.5) is 0 Å². The molecule has 0 amide bonds. The van der Waals surface area contributed by atoms with Gasteiger partial charge < -0.3 is 8.85 Å². The normalized spacial score (nSPS) is 17.1. The molecule has 0 aromatic carbocycles. The SMILES string of the molecule is CC#C[C@@H](C)[C@@H](O[Si](C)C)[C@@H](C)CO[Si](C)(C)C(C)(C)C. The lowest BCUT2D eigenvalue weighted by molar-refractivity contribution is 0.0765. The molecule has 0 unspecified atom stereocenters. The first kappa shape index (κ1) is 20.9. The standard InChI is InChI=1S/C17H35O2Si2/c1-11-12-14(2)16(19-20(7)8)15(3)13-18-21(9,10)17(4,5)6/h14-16H,13H2,1-10H3/t14-,15+,16-/m1/s1. The fourth-order valence-electron chi connectivity index (χ4n) is 1.94. The van der Waals surface area contributed by atoms with Gasteiger partial charge in [-0.2, -0.15) is 0 Å². The number of hydrogen-bond donors (Lipinski definition) is 0. The molecule has 0 aliphatic rings. The zero-order chi connectivity index (χ0) is 16.8. The van der Waals surface area contributed by atoms with E-state index in [-0.39, 0.29) is 17.1 Å². The van der Waals surface area contributed by atoms with Crippen molar-refractivity contribution in [2.45, 2.75) is 78.9 Å². The van der Waals surface area contributed by atoms with Gasteiger partial charge in [-0.25, -0.2) is 0 Å². The molecular weight excluding hydrogens is 292 g/mol. The van der Waals surface area contributed by atoms with Gasteiger partial charge in [0.1, 0.15) is 0 Å². The summed E-state index contributed by atoms with van der Waals surface area (Å²) >= 11 is 0. The highest BCUT2D eigenvalue weighted by Gasteiger charge is 2.38. The Labute approximate surface area is 135 Å². The van der Waals surface area contributed by atoms with E-state index in [1.807, 2.05) is 6.92 Å². The predicted molar refractivity (Wildman–Crippen MR) is 97.3 cm³/mol. The van der Waals surface area contributed by atoms with Crippen LogP contribution in [0.25, 0.3) is 0 Å². The summed E-state index contributed by atoms with van der Waals surface area (Å²) in [6.45, 7) is 22.9. The van der Waals surface area contributed by atoms with Crippen molar-refractivity contribution in [2.75, 3.05) is 6.61 Å². The molecule has 0 bridgehead atoms. The van der Waals surface area contributed by atoms with Gasteiger partial charge in [-0.15, -0.1) is 5.92 Å². The Kier molecular flexibility index (Phi) is 8.49. The molecule has 1 radical (unpaired) electrons. The highest BCUT2D eigenvalue weighted by Crippen LogP contribution is 2.37. The van der Waals surface area contributed by atoms with Crippen LogP contribution in [-0.2, 0) is 8.85 Å². The molecule has 0 aliphatic heterocycles. The van der Waals surface area contributed by atoms with Gasteiger partial charge in [-0.3, -0.25) is 0 Å². The van der Waals surface area contributed by atoms with Gasteiger partial charge in [-0.05, 0) is 45.1 Å². The average molecular weight is 328 g/mol. The summed E-state index contributed by atoms with van der Waals surface area (Å²) in [6, 6.07) is 0. The van der Waals surface area contributed by atoms with E-state index in [4.69, 9.17) is 8.85 Å². The van der Waals surface area contributed by atoms with Crippen LogP contribution in [0.3, 0.4) is 0 Å². The molecule has 123 valence electrons. The zero-order valence-corrected chi connectivity index (χ0v) is 17.8. The van der Waals surface area contributed by atoms with Crippen molar-refractivity contribution in [1.29, 1.82) is 0 Å². The van der Waals surface area contributed by atoms with Gasteiger partial charge in [0.25, 0.3) is 0 Å². The Morgan fingerprint density at radius 1 is 1.14 bits per heavy atom. The van der Waals surface area contributed by atoms with E-state index in [2.05, 4.69) is 72.6 Å². The van der Waals surface area contributed by atoms with E-state index in [0.29, 0.717) is 5.92 Å². The molecule has 0 aromatic rings. The minimum Gasteiger partial charge on any atom is -0.416 e. The maximum absolute atomic E-state index is 6.37. The van der Waals surface area contributed by atoms with Crippen molar-refractivity contribution in [2.24, 2.45) is 11.8 Å². The Bertz CT molecular complexity index is 361. The molecule has 0 aliphatic carbocycles. The van der Waals surface area contributed by atoms with E-state index >= 15 is 0 Å². The van der Waals surface area contributed by atoms with Gasteiger partial charge in [0, 0.05) is 18.4 Å². The summed E-state index contributed by atoms with van der Waals surface area (Å²) in [5, 5.41) is 0.252. The monoisotopic (exact) mass is 327 g/mol. The van der Waals surface area contributed by atoms with Gasteiger partial charge in [0.15, 0.2) is 8.32 Å². The van der Waals surface area contributed by atoms with Crippen molar-refractivity contribution in [1.82, 2.24) is 0 Å². The van der Waals surface area contributed by atoms with Gasteiger partial charge >= 0.3 is 0 Å². The molecule has 0 heterocycles. The van der Waals surface area contributed by atoms with Crippen LogP contribution in [-0.4, -0.2) is 30.1 Å². The van der Waals surface area contributed by atoms with Crippen LogP contribution in [0.5, 0.6) is 0 Å². The lowest BCUT2D eigenvalue weighted by Crippen LogP contribution is -2.44. The van der Waals surface area contributed by atoms with Crippen molar-refractivity contribution in [3.05, 3.63) is 0 Å². The molecular formula is C17H35O2Si2. The summed E-state index contributed by atoms with van der Waals surface area (Å²) in [6.07, 6.45) is 0.172. The zero-order valence-electron chi connectivity index (χ0n) is 15.8. The first-order chi connectivity index (χ1) is 9.42. The number of rotatable bonds is 7. The number of hydrogen-bond acceptors (Lipinski definition) is 2. The first-order valence-corrected chi connectivity index (χ1v) is 13.3. The van der Waals surface area contributed by atoms with Crippen LogP contribution in [0, 0.1) is 23.7 Å². The second-order valence-corrected chi connectivity index (χ2v) is 14.6. The smallest absolute Gasteiger partial charge is 0.205 e. The fraction of sp³-hybridized carbons (Fsp3) is 0.882. The third-order valence-electron chi connectivity index (χ3n) is 4.31. The molecule has 0 N–H and O–H groups in total. The molecule has 0 aromatic heterocycles. The molecule has 0 spiro atoms. The highest BCUT2D eigenvalue weighted by molar-refractivity contribution is 6.74. The third kappa shape index (κ3) is 7.14. The van der Waals surface area contributed by atoms with Crippen LogP contribution >= 0.6 is 0 Å². The van der Waals surface area contributed by atoms with E-state index in [1.54, 1.807) is 0 Å². The Hall–Kier alpha value is -0.0862. The molecule has 0 fully saturated rings. The predicted octanol–water partition coefficient (Wildman–Crippen LogP) is 4.94. The van der Waals surface area contributed by atoms with Gasteiger partial charge in [0.2, 0.25) is 9.04 Å². The first-order valence-electron chi connectivity index (χ1n) is 7.95. The van der Waals surface area contributed by atoms with Crippen molar-refractivity contribution in [3.8, 4) is 11.8 Å². The quantitative estimate of drug-likeness (QED) is 0.487. The molecule has 2 nitrogen and oxygen atoms in total. The summed E-state index contributed by atoms with van der Waals surface area (Å²) in [4.78, 5) is 0. The largest absolute Gasteiger partial charge is 0.416 e. The van der Waals surface area contributed by atoms with E-state index in [1.165, 1.54) is 0 Å². The average Bonchev–Trinajstić information content (AvgIpc) is 2.31. The van der Waals surface area contributed by atoms with Gasteiger partial charge in [-0.1, -0.05) is 33.6 Å². The van der Waals surface area contributed by atoms with Crippen LogP contribution in [0.2, 0.25) is 31.2 Å². The van der Waals surface area contributed by atoms with Gasteiger partial charge in [0.05, 0.1) is 6.10 Å². The molecule has 4 heteroatoms. The van der Waals surface area contributed by atoms with Crippen molar-refractivity contribution < 1.29 is 8.85 Å². The molecule has 0 saturated heterocycles. The van der Waals surface area contributed by atoms with Crippen LogP contribution in [0.1, 0.15) is 41.5 Å². The van der Waals surface area contributed by atoms with Crippen molar-refractivity contribution in [3.63, 3.8) is 0 Å². The molecule has 3 atom stereocenters. The summed E-state index contributed by atoms with van der Waals surface area (Å²) in [5.41, 5.74) is 0. The second-order valence-electron chi connectivity index (χ2n) is 7.72. The molecule has 0 saturated carbocycles. The van der Waals surface area contributed by atoms with Crippen molar-refractivity contribution >= 4 is 17.4 Å². The second kappa shape index (κ2) is 8.52. The lowest BCUT2D eigenvalue weighted by atomic mass is 9.94. The summed E-state index contributed by atoms with van der Waals surface area (Å²) in [7, 11) is -2.42. The Morgan fingerprint density at radius 3 is 2.05 bits per heavy atom. The fourth-order valence-corrected chi connectivity index (χ4v) is 4.04. The lowest BCUT2D eigenvalue weighted by Gasteiger charge is -2.38. The highest BCUT2D eigenvalue weighted by atomic mass is 28.4. The Morgan fingerprint density at radius 2 is 1.67 bits per heavy atom. The Balaban J connectivity index is 4.82. The van der Waals surface area contributed by atoms with E-state index in [0.717, 1.165) is 6.61 Å². The summed E-state index contributed by atoms with van der Waals surface area (Å²) < 4.78 is 12.6. The minimum absolute atomic E-state index is 0.172. The van der Waals surface area contributed by atoms with E-state index < -0.39 is 17.4 Å². The molecule has 0 rings (SSSR count). The topological polar surface area (TPSA) is 18.5 Å². The van der Waals surface area contributed by atoms with E-state index in [9.17, 15) is 0 Å². The van der Waals surface area contributed by atoms with Crippen LogP contribution in [0.15, 0.2) is 0 Å². The minimum atomic E-state index is -1.69. The van der Waals surface area contributed by atoms with Crippen LogP contribution < -0.4 is 0 Å².